The van der Waals surface area contributed by atoms with Gasteiger partial charge in [-0.05, 0) is 111 Å². The van der Waals surface area contributed by atoms with E-state index in [-0.39, 0.29) is 43.7 Å². The number of rotatable bonds is 13. The second-order valence-electron chi connectivity index (χ2n) is 21.8. The summed E-state index contributed by atoms with van der Waals surface area (Å²) in [6.45, 7) is 22.9. The highest BCUT2D eigenvalue weighted by Gasteiger charge is 2.61. The van der Waals surface area contributed by atoms with Gasteiger partial charge in [0.25, 0.3) is 0 Å². The van der Waals surface area contributed by atoms with Crippen molar-refractivity contribution in [2.75, 3.05) is 20.8 Å². The van der Waals surface area contributed by atoms with Crippen LogP contribution >= 0.6 is 23.2 Å². The quantitative estimate of drug-likeness (QED) is 0.180. The number of amides is 1. The molecule has 1 amide bonds. The first-order chi connectivity index (χ1) is 32.9. The Morgan fingerprint density at radius 3 is 2.04 bits per heavy atom. The van der Waals surface area contributed by atoms with Gasteiger partial charge in [0.15, 0.2) is 18.2 Å². The number of aliphatic hydroxyl groups excluding tert-OH is 2. The van der Waals surface area contributed by atoms with Crippen molar-refractivity contribution in [1.29, 1.82) is 0 Å². The molecule has 0 saturated carbocycles. The Balaban J connectivity index is 1.45. The molecule has 398 valence electrons. The molecule has 5 aliphatic rings. The molecule has 0 spiro atoms. The van der Waals surface area contributed by atoms with Gasteiger partial charge in [0.05, 0.1) is 57.6 Å². The Morgan fingerprint density at radius 2 is 1.46 bits per heavy atom. The Kier molecular flexibility index (Phi) is 18.9. The normalized spacial score (nSPS) is 43.7. The van der Waals surface area contributed by atoms with Gasteiger partial charge in [-0.1, -0.05) is 70.8 Å². The highest BCUT2D eigenvalue weighted by Crippen LogP contribution is 2.46. The zero-order chi connectivity index (χ0) is 51.8. The molecule has 5 heterocycles. The summed E-state index contributed by atoms with van der Waals surface area (Å²) in [6, 6.07) is 4.80. The van der Waals surface area contributed by atoms with Crippen molar-refractivity contribution < 1.29 is 62.5 Å². The summed E-state index contributed by atoms with van der Waals surface area (Å²) in [5, 5.41) is 24.5. The molecule has 6 rings (SSSR count). The topological polar surface area (TPSA) is 172 Å². The molecule has 0 aromatic heterocycles. The van der Waals surface area contributed by atoms with E-state index in [1.54, 1.807) is 58.8 Å². The van der Waals surface area contributed by atoms with Crippen LogP contribution in [0.2, 0.25) is 10.0 Å². The van der Waals surface area contributed by atoms with Crippen molar-refractivity contribution >= 4 is 41.0 Å². The van der Waals surface area contributed by atoms with E-state index in [2.05, 4.69) is 18.7 Å². The number of carbonyl (C=O) groups is 3. The number of Topliss-reactive ketones (excluding diaryl/α,β-unsaturated/α-hetero) is 1. The minimum Gasteiger partial charge on any atom is -0.458 e. The van der Waals surface area contributed by atoms with E-state index in [0.29, 0.717) is 35.0 Å². The molecule has 5 fully saturated rings. The molecule has 0 radical (unpaired) electrons. The number of likely N-dealkylation sites (tertiary alicyclic amines) is 1. The molecule has 15 nitrogen and oxygen atoms in total. The van der Waals surface area contributed by atoms with E-state index in [0.717, 1.165) is 31.2 Å². The Morgan fingerprint density at radius 1 is 0.814 bits per heavy atom. The number of carbonyl (C=O) groups excluding carboxylic acids is 3. The molecule has 0 aliphatic carbocycles. The number of cyclic esters (lactones) is 1. The molecular weight excluding hydrogens is 943 g/mol. The molecule has 2 N–H and O–H groups in total. The number of aliphatic hydroxyl groups is 2. The maximum absolute atomic E-state index is 15.2. The molecule has 70 heavy (non-hydrogen) atoms. The van der Waals surface area contributed by atoms with Gasteiger partial charge in [-0.25, -0.2) is 4.79 Å². The standard InChI is InChI=1S/C53H84Cl2N2O13/c1-15-35-19-20-36(16-2)57(35)39-24-29(5)65-49(43(39)59)69-47-31(7)44(68-41-27-51(10,63-13)46(60)33(9)66-41)32(8)48(61)67-40(17-3)53(12)45(30(6)42(58)28(4)26-52(47,11)64-14)56(50(62)70-53)23-22-34-18-21-37(54)38(55)25-34/h18,21,25,28-33,35-36,39-41,43-47,49,59-60H,15-17,19-20,22-24,26-27H2,1-14H3. The van der Waals surface area contributed by atoms with E-state index < -0.39 is 108 Å². The van der Waals surface area contributed by atoms with Crippen molar-refractivity contribution in [3.8, 4) is 0 Å². The summed E-state index contributed by atoms with van der Waals surface area (Å²) in [5.74, 6) is -4.01. The van der Waals surface area contributed by atoms with Crippen LogP contribution in [0.25, 0.3) is 0 Å². The van der Waals surface area contributed by atoms with Crippen LogP contribution < -0.4 is 0 Å². The van der Waals surface area contributed by atoms with Gasteiger partial charge in [0, 0.05) is 63.1 Å². The Bertz CT molecular complexity index is 1960. The largest absolute Gasteiger partial charge is 0.458 e. The lowest BCUT2D eigenvalue weighted by Crippen LogP contribution is -2.63. The molecule has 5 aliphatic heterocycles. The van der Waals surface area contributed by atoms with Crippen LogP contribution in [-0.4, -0.2) is 155 Å². The molecule has 1 aromatic rings. The predicted octanol–water partition coefficient (Wildman–Crippen LogP) is 8.55. The highest BCUT2D eigenvalue weighted by molar-refractivity contribution is 6.42. The average molecular weight is 1030 g/mol. The summed E-state index contributed by atoms with van der Waals surface area (Å²) in [7, 11) is 3.10. The molecule has 17 heteroatoms. The minimum atomic E-state index is -1.46. The maximum atomic E-state index is 15.2. The van der Waals surface area contributed by atoms with E-state index in [9.17, 15) is 15.0 Å². The smallest absolute Gasteiger partial charge is 0.410 e. The Labute approximate surface area is 427 Å². The number of hydrogen-bond acceptors (Lipinski definition) is 14. The van der Waals surface area contributed by atoms with Crippen molar-refractivity contribution in [2.45, 2.75) is 237 Å². The van der Waals surface area contributed by atoms with Gasteiger partial charge in [0.2, 0.25) is 0 Å². The van der Waals surface area contributed by atoms with E-state index >= 15 is 9.59 Å². The van der Waals surface area contributed by atoms with Crippen LogP contribution in [0.4, 0.5) is 4.79 Å². The highest BCUT2D eigenvalue weighted by atomic mass is 35.5. The molecular formula is C53H84Cl2N2O13. The number of halogens is 2. The molecule has 20 atom stereocenters. The number of methoxy groups -OCH3 is 2. The predicted molar refractivity (Wildman–Crippen MR) is 266 cm³/mol. The number of benzene rings is 1. The van der Waals surface area contributed by atoms with Crippen molar-refractivity contribution in [2.24, 2.45) is 23.7 Å². The zero-order valence-electron chi connectivity index (χ0n) is 44.2. The summed E-state index contributed by atoms with van der Waals surface area (Å²) in [6.07, 6.45) is -3.18. The number of fused-ring (bicyclic) bond motifs is 1. The maximum Gasteiger partial charge on any atom is 0.410 e. The lowest BCUT2D eigenvalue weighted by atomic mass is 9.73. The summed E-state index contributed by atoms with van der Waals surface area (Å²) < 4.78 is 52.4. The molecule has 5 saturated heterocycles. The van der Waals surface area contributed by atoms with Crippen LogP contribution in [0.1, 0.15) is 140 Å². The SMILES string of the molecule is CCC1CCC(CC)N1C1CC(C)OC(OC2C(C)C(OC3CC(C)(OC)C(O)C(C)O3)C(C)C(=O)OC(CC)C3(C)OC(=O)N(CCc4ccc(Cl)c(Cl)c4)C3C(C)C(=O)C(C)CC2(C)OC)C1O. The lowest BCUT2D eigenvalue weighted by Gasteiger charge is -2.50. The fourth-order valence-electron chi connectivity index (χ4n) is 12.9. The fraction of sp³-hybridized carbons (Fsp3) is 0.830. The van der Waals surface area contributed by atoms with Gasteiger partial charge in [-0.2, -0.15) is 0 Å². The first-order valence-electron chi connectivity index (χ1n) is 26.0. The van der Waals surface area contributed by atoms with Gasteiger partial charge < -0.3 is 48.1 Å². The van der Waals surface area contributed by atoms with E-state index in [1.165, 1.54) is 7.11 Å². The first-order valence-corrected chi connectivity index (χ1v) is 26.7. The van der Waals surface area contributed by atoms with E-state index in [4.69, 9.17) is 61.1 Å². The number of ketones is 1. The Hall–Kier alpha value is -2.15. The average Bonchev–Trinajstić information content (AvgIpc) is 3.87. The summed E-state index contributed by atoms with van der Waals surface area (Å²) in [4.78, 5) is 48.5. The van der Waals surface area contributed by atoms with Gasteiger partial charge in [-0.15, -0.1) is 0 Å². The fourth-order valence-corrected chi connectivity index (χ4v) is 13.3. The third-order valence-electron chi connectivity index (χ3n) is 17.1. The third kappa shape index (κ3) is 11.4. The second-order valence-corrected chi connectivity index (χ2v) is 22.6. The zero-order valence-corrected chi connectivity index (χ0v) is 45.7. The van der Waals surface area contributed by atoms with Gasteiger partial charge >= 0.3 is 12.1 Å². The lowest BCUT2D eigenvalue weighted by molar-refractivity contribution is -0.320. The summed E-state index contributed by atoms with van der Waals surface area (Å²) in [5.41, 5.74) is -2.96. The molecule has 1 aromatic carbocycles. The van der Waals surface area contributed by atoms with Crippen LogP contribution in [0.5, 0.6) is 0 Å². The molecule has 20 unspecified atom stereocenters. The van der Waals surface area contributed by atoms with Crippen LogP contribution in [0, 0.1) is 23.7 Å². The number of esters is 1. The molecule has 0 bridgehead atoms. The number of nitrogens with zero attached hydrogens (tertiary/aromatic N) is 2. The van der Waals surface area contributed by atoms with E-state index in [1.807, 2.05) is 40.7 Å². The van der Waals surface area contributed by atoms with Crippen LogP contribution in [0.3, 0.4) is 0 Å². The van der Waals surface area contributed by atoms with Gasteiger partial charge in [-0.3, -0.25) is 19.4 Å². The monoisotopic (exact) mass is 1030 g/mol. The van der Waals surface area contributed by atoms with Gasteiger partial charge in [0.1, 0.15) is 24.1 Å². The minimum absolute atomic E-state index is 0.124. The first kappa shape index (κ1) is 57.1. The van der Waals surface area contributed by atoms with Crippen molar-refractivity contribution in [1.82, 2.24) is 9.80 Å². The second kappa shape index (κ2) is 23.2. The van der Waals surface area contributed by atoms with Crippen LogP contribution in [-0.2, 0) is 53.9 Å². The van der Waals surface area contributed by atoms with Crippen LogP contribution in [0.15, 0.2) is 18.2 Å². The summed E-state index contributed by atoms with van der Waals surface area (Å²) >= 11 is 12.6. The van der Waals surface area contributed by atoms with Crippen molar-refractivity contribution in [3.05, 3.63) is 33.8 Å². The number of ether oxygens (including phenoxy) is 8. The third-order valence-corrected chi connectivity index (χ3v) is 17.8. The number of hydrogen-bond donors (Lipinski definition) is 2. The van der Waals surface area contributed by atoms with Crippen molar-refractivity contribution in [3.63, 3.8) is 0 Å².